The molecule has 0 aromatic heterocycles. The molecule has 0 aliphatic heterocycles. The first-order valence-corrected chi connectivity index (χ1v) is 7.56. The Balaban J connectivity index is 4.36. The Hall–Kier alpha value is -0.0400. The molecule has 0 aliphatic carbocycles. The SMILES string of the molecule is CCCNC(CC(C)C(C)(C)C)C(C)CCC. The molecular weight excluding hydrogens is 206 g/mol. The first kappa shape index (κ1) is 17.0. The summed E-state index contributed by atoms with van der Waals surface area (Å²) >= 11 is 0. The van der Waals surface area contributed by atoms with E-state index in [0.29, 0.717) is 11.5 Å². The summed E-state index contributed by atoms with van der Waals surface area (Å²) in [6, 6.07) is 0.698. The van der Waals surface area contributed by atoms with Crippen LogP contribution >= 0.6 is 0 Å². The Labute approximate surface area is 110 Å². The van der Waals surface area contributed by atoms with Gasteiger partial charge in [0.05, 0.1) is 0 Å². The van der Waals surface area contributed by atoms with Gasteiger partial charge in [-0.25, -0.2) is 0 Å². The van der Waals surface area contributed by atoms with Gasteiger partial charge >= 0.3 is 0 Å². The average Bonchev–Trinajstić information content (AvgIpc) is 2.22. The molecule has 0 spiro atoms. The lowest BCUT2D eigenvalue weighted by atomic mass is 9.76. The third-order valence-electron chi connectivity index (χ3n) is 4.17. The third-order valence-corrected chi connectivity index (χ3v) is 4.17. The predicted octanol–water partition coefficient (Wildman–Crippen LogP) is 4.86. The molecule has 3 unspecified atom stereocenters. The van der Waals surface area contributed by atoms with E-state index < -0.39 is 0 Å². The zero-order valence-corrected chi connectivity index (χ0v) is 13.3. The lowest BCUT2D eigenvalue weighted by molar-refractivity contribution is 0.197. The molecule has 0 saturated heterocycles. The average molecular weight is 241 g/mol. The van der Waals surface area contributed by atoms with Gasteiger partial charge in [0.15, 0.2) is 0 Å². The molecule has 1 nitrogen and oxygen atoms in total. The lowest BCUT2D eigenvalue weighted by Crippen LogP contribution is -2.38. The topological polar surface area (TPSA) is 12.0 Å². The van der Waals surface area contributed by atoms with Gasteiger partial charge < -0.3 is 5.32 Å². The Morgan fingerprint density at radius 3 is 2.00 bits per heavy atom. The lowest BCUT2D eigenvalue weighted by Gasteiger charge is -2.34. The van der Waals surface area contributed by atoms with Gasteiger partial charge in [0, 0.05) is 6.04 Å². The molecule has 0 aliphatic rings. The summed E-state index contributed by atoms with van der Waals surface area (Å²) in [6.45, 7) is 17.6. The number of nitrogens with one attached hydrogen (secondary N) is 1. The molecule has 3 atom stereocenters. The van der Waals surface area contributed by atoms with Crippen LogP contribution in [0.4, 0.5) is 0 Å². The summed E-state index contributed by atoms with van der Waals surface area (Å²) in [6.07, 6.45) is 5.19. The van der Waals surface area contributed by atoms with Crippen molar-refractivity contribution >= 4 is 0 Å². The van der Waals surface area contributed by atoms with Crippen LogP contribution in [0, 0.1) is 17.3 Å². The first-order valence-electron chi connectivity index (χ1n) is 7.56. The van der Waals surface area contributed by atoms with E-state index in [1.807, 2.05) is 0 Å². The highest BCUT2D eigenvalue weighted by Gasteiger charge is 2.25. The van der Waals surface area contributed by atoms with Crippen LogP contribution in [0.5, 0.6) is 0 Å². The largest absolute Gasteiger partial charge is 0.314 e. The van der Waals surface area contributed by atoms with Crippen LogP contribution in [-0.2, 0) is 0 Å². The van der Waals surface area contributed by atoms with Crippen LogP contribution in [-0.4, -0.2) is 12.6 Å². The van der Waals surface area contributed by atoms with Crippen molar-refractivity contribution in [1.82, 2.24) is 5.32 Å². The minimum Gasteiger partial charge on any atom is -0.314 e. The summed E-state index contributed by atoms with van der Waals surface area (Å²) in [5.74, 6) is 1.58. The van der Waals surface area contributed by atoms with Gasteiger partial charge in [-0.3, -0.25) is 0 Å². The summed E-state index contributed by atoms with van der Waals surface area (Å²) in [5.41, 5.74) is 0.429. The van der Waals surface area contributed by atoms with Crippen LogP contribution in [0.2, 0.25) is 0 Å². The summed E-state index contributed by atoms with van der Waals surface area (Å²) in [4.78, 5) is 0. The Bertz CT molecular complexity index is 180. The van der Waals surface area contributed by atoms with Crippen molar-refractivity contribution in [1.29, 1.82) is 0 Å². The molecule has 1 heteroatoms. The zero-order chi connectivity index (χ0) is 13.5. The van der Waals surface area contributed by atoms with Crippen molar-refractivity contribution in [2.45, 2.75) is 80.2 Å². The summed E-state index contributed by atoms with van der Waals surface area (Å²) < 4.78 is 0. The molecule has 0 radical (unpaired) electrons. The number of hydrogen-bond acceptors (Lipinski definition) is 1. The molecule has 17 heavy (non-hydrogen) atoms. The molecule has 0 fully saturated rings. The highest BCUT2D eigenvalue weighted by Crippen LogP contribution is 2.31. The van der Waals surface area contributed by atoms with Crippen molar-refractivity contribution in [3.63, 3.8) is 0 Å². The molecule has 0 aromatic carbocycles. The van der Waals surface area contributed by atoms with E-state index in [2.05, 4.69) is 53.8 Å². The van der Waals surface area contributed by atoms with Crippen molar-refractivity contribution in [3.8, 4) is 0 Å². The second-order valence-electron chi connectivity index (χ2n) is 6.83. The van der Waals surface area contributed by atoms with E-state index >= 15 is 0 Å². The van der Waals surface area contributed by atoms with Crippen LogP contribution in [0.25, 0.3) is 0 Å². The smallest absolute Gasteiger partial charge is 0.00954 e. The van der Waals surface area contributed by atoms with Gasteiger partial charge in [-0.15, -0.1) is 0 Å². The van der Waals surface area contributed by atoms with Crippen LogP contribution in [0.15, 0.2) is 0 Å². The van der Waals surface area contributed by atoms with Crippen LogP contribution in [0.1, 0.15) is 74.1 Å². The zero-order valence-electron chi connectivity index (χ0n) is 13.3. The monoisotopic (exact) mass is 241 g/mol. The van der Waals surface area contributed by atoms with Gasteiger partial charge in [-0.05, 0) is 43.1 Å². The number of rotatable bonds is 8. The standard InChI is InChI=1S/C16H35N/c1-8-10-13(3)15(17-11-9-2)12-14(4)16(5,6)7/h13-15,17H,8-12H2,1-7H3. The Morgan fingerprint density at radius 1 is 1.00 bits per heavy atom. The molecule has 1 N–H and O–H groups in total. The maximum absolute atomic E-state index is 3.76. The second kappa shape index (κ2) is 8.13. The van der Waals surface area contributed by atoms with Crippen molar-refractivity contribution in [2.24, 2.45) is 17.3 Å². The van der Waals surface area contributed by atoms with E-state index in [1.165, 1.54) is 25.7 Å². The molecule has 104 valence electrons. The quantitative estimate of drug-likeness (QED) is 0.639. The van der Waals surface area contributed by atoms with E-state index in [4.69, 9.17) is 0 Å². The predicted molar refractivity (Wildman–Crippen MR) is 79.4 cm³/mol. The second-order valence-corrected chi connectivity index (χ2v) is 6.83. The Morgan fingerprint density at radius 2 is 1.59 bits per heavy atom. The van der Waals surface area contributed by atoms with Gasteiger partial charge in [-0.2, -0.15) is 0 Å². The van der Waals surface area contributed by atoms with Gasteiger partial charge in [0.1, 0.15) is 0 Å². The summed E-state index contributed by atoms with van der Waals surface area (Å²) in [5, 5.41) is 3.76. The van der Waals surface area contributed by atoms with E-state index in [0.717, 1.165) is 18.4 Å². The Kier molecular flexibility index (Phi) is 8.11. The normalized spacial score (nSPS) is 17.8. The molecule has 0 saturated carbocycles. The minimum absolute atomic E-state index is 0.429. The third kappa shape index (κ3) is 7.08. The highest BCUT2D eigenvalue weighted by molar-refractivity contribution is 4.80. The van der Waals surface area contributed by atoms with Crippen LogP contribution in [0.3, 0.4) is 0 Å². The molecule has 0 bridgehead atoms. The van der Waals surface area contributed by atoms with E-state index in [-0.39, 0.29) is 0 Å². The summed E-state index contributed by atoms with van der Waals surface area (Å²) in [7, 11) is 0. The van der Waals surface area contributed by atoms with Crippen molar-refractivity contribution < 1.29 is 0 Å². The fraction of sp³-hybridized carbons (Fsp3) is 1.00. The van der Waals surface area contributed by atoms with Gasteiger partial charge in [0.2, 0.25) is 0 Å². The molecular formula is C16H35N. The first-order chi connectivity index (χ1) is 7.82. The highest BCUT2D eigenvalue weighted by atomic mass is 14.9. The molecule has 0 rings (SSSR count). The molecule has 0 heterocycles. The minimum atomic E-state index is 0.429. The fourth-order valence-corrected chi connectivity index (χ4v) is 2.24. The maximum atomic E-state index is 3.76. The van der Waals surface area contributed by atoms with Crippen molar-refractivity contribution in [2.75, 3.05) is 6.54 Å². The van der Waals surface area contributed by atoms with Crippen LogP contribution < -0.4 is 5.32 Å². The molecule has 0 aromatic rings. The number of hydrogen-bond donors (Lipinski definition) is 1. The molecule has 0 amide bonds. The van der Waals surface area contributed by atoms with E-state index in [9.17, 15) is 0 Å². The maximum Gasteiger partial charge on any atom is 0.00954 e. The fourth-order valence-electron chi connectivity index (χ4n) is 2.24. The van der Waals surface area contributed by atoms with Crippen molar-refractivity contribution in [3.05, 3.63) is 0 Å². The van der Waals surface area contributed by atoms with Gasteiger partial charge in [0.25, 0.3) is 0 Å². The van der Waals surface area contributed by atoms with E-state index in [1.54, 1.807) is 0 Å². The van der Waals surface area contributed by atoms with Gasteiger partial charge in [-0.1, -0.05) is 54.9 Å².